The predicted octanol–water partition coefficient (Wildman–Crippen LogP) is 0.382. The molecule has 0 saturated carbocycles. The van der Waals surface area contributed by atoms with Crippen molar-refractivity contribution in [1.82, 2.24) is 20.9 Å². The van der Waals surface area contributed by atoms with Crippen LogP contribution in [0.3, 0.4) is 0 Å². The van der Waals surface area contributed by atoms with Crippen LogP contribution in [0.15, 0.2) is 30.5 Å². The van der Waals surface area contributed by atoms with E-state index < -0.39 is 47.9 Å². The monoisotopic (exact) mass is 502 g/mol. The summed E-state index contributed by atoms with van der Waals surface area (Å²) in [4.78, 5) is 53.0. The fourth-order valence-corrected chi connectivity index (χ4v) is 3.82. The molecule has 2 aromatic rings. The van der Waals surface area contributed by atoms with E-state index in [2.05, 4.69) is 20.9 Å². The molecule has 0 aliphatic heterocycles. The highest BCUT2D eigenvalue weighted by Gasteiger charge is 2.31. The van der Waals surface area contributed by atoms with Gasteiger partial charge in [0, 0.05) is 23.5 Å². The third-order valence-electron chi connectivity index (χ3n) is 6.02. The van der Waals surface area contributed by atoms with Crippen molar-refractivity contribution < 1.29 is 24.3 Å². The van der Waals surface area contributed by atoms with Gasteiger partial charge in [-0.05, 0) is 43.9 Å². The molecule has 9 N–H and O–H groups in total. The maximum Gasteiger partial charge on any atom is 0.326 e. The van der Waals surface area contributed by atoms with Gasteiger partial charge >= 0.3 is 5.97 Å². The van der Waals surface area contributed by atoms with Crippen LogP contribution < -0.4 is 27.4 Å². The summed E-state index contributed by atoms with van der Waals surface area (Å²) in [7, 11) is 0. The molecule has 1 aromatic carbocycles. The summed E-state index contributed by atoms with van der Waals surface area (Å²) in [5.74, 6) is -3.19. The number of aliphatic carboxylic acids is 1. The lowest BCUT2D eigenvalue weighted by molar-refractivity contribution is -0.142. The SMILES string of the molecule is CC(NC(=O)C(N)CCCCN)C(=O)NC(C(=O)NC(Cc1c[nH]c2ccccc12)C(=O)O)C(C)C. The third kappa shape index (κ3) is 8.06. The van der Waals surface area contributed by atoms with Crippen LogP contribution in [0.4, 0.5) is 0 Å². The molecule has 11 heteroatoms. The Balaban J connectivity index is 2.01. The molecular formula is C25H38N6O5. The molecule has 0 spiro atoms. The molecule has 11 nitrogen and oxygen atoms in total. The quantitative estimate of drug-likeness (QED) is 0.181. The third-order valence-corrected chi connectivity index (χ3v) is 6.02. The molecule has 0 fully saturated rings. The molecule has 0 aliphatic carbocycles. The summed E-state index contributed by atoms with van der Waals surface area (Å²) >= 11 is 0. The normalized spacial score (nSPS) is 14.6. The number of H-pyrrole nitrogens is 1. The summed E-state index contributed by atoms with van der Waals surface area (Å²) in [5, 5.41) is 18.3. The van der Waals surface area contributed by atoms with Gasteiger partial charge in [-0.1, -0.05) is 38.5 Å². The minimum absolute atomic E-state index is 0.0678. The Kier molecular flexibility index (Phi) is 10.9. The van der Waals surface area contributed by atoms with Crippen LogP contribution >= 0.6 is 0 Å². The van der Waals surface area contributed by atoms with Crippen molar-refractivity contribution in [1.29, 1.82) is 0 Å². The predicted molar refractivity (Wildman–Crippen MR) is 137 cm³/mol. The van der Waals surface area contributed by atoms with Gasteiger partial charge in [0.25, 0.3) is 0 Å². The number of carbonyl (C=O) groups is 4. The molecule has 1 aromatic heterocycles. The maximum atomic E-state index is 13.0. The lowest BCUT2D eigenvalue weighted by Gasteiger charge is -2.26. The van der Waals surface area contributed by atoms with Crippen LogP contribution in [-0.2, 0) is 25.6 Å². The number of unbranched alkanes of at least 4 members (excludes halogenated alkanes) is 1. The number of rotatable bonds is 14. The topological polar surface area (TPSA) is 192 Å². The van der Waals surface area contributed by atoms with E-state index in [0.29, 0.717) is 19.4 Å². The average molecular weight is 503 g/mol. The van der Waals surface area contributed by atoms with Crippen molar-refractivity contribution in [3.8, 4) is 0 Å². The number of fused-ring (bicyclic) bond motifs is 1. The van der Waals surface area contributed by atoms with E-state index in [-0.39, 0.29) is 12.3 Å². The van der Waals surface area contributed by atoms with Crippen molar-refractivity contribution in [3.05, 3.63) is 36.0 Å². The number of hydrogen-bond donors (Lipinski definition) is 7. The first-order valence-electron chi connectivity index (χ1n) is 12.2. The van der Waals surface area contributed by atoms with Crippen molar-refractivity contribution >= 4 is 34.6 Å². The Bertz CT molecular complexity index is 1050. The maximum absolute atomic E-state index is 13.0. The number of nitrogens with two attached hydrogens (primary N) is 2. The van der Waals surface area contributed by atoms with E-state index in [0.717, 1.165) is 22.9 Å². The molecule has 4 unspecified atom stereocenters. The fourth-order valence-electron chi connectivity index (χ4n) is 3.82. The number of carbonyl (C=O) groups excluding carboxylic acids is 3. The first kappa shape index (κ1) is 28.8. The summed E-state index contributed by atoms with van der Waals surface area (Å²) in [6.07, 6.45) is 3.68. The standard InChI is InChI=1S/C25H38N6O5/c1-14(2)21(31-22(32)15(3)29-23(33)18(27)9-6-7-11-26)24(34)30-20(25(35)36)12-16-13-28-19-10-5-4-8-17(16)19/h4-5,8,10,13-15,18,20-21,28H,6-7,9,11-12,26-27H2,1-3H3,(H,29,33)(H,30,34)(H,31,32)(H,35,36). The number of carboxylic acids is 1. The van der Waals surface area contributed by atoms with E-state index in [1.807, 2.05) is 24.3 Å². The lowest BCUT2D eigenvalue weighted by Crippen LogP contribution is -2.58. The Morgan fingerprint density at radius 3 is 2.31 bits per heavy atom. The van der Waals surface area contributed by atoms with Crippen LogP contribution in [0.1, 0.15) is 45.6 Å². The second kappa shape index (κ2) is 13.6. The van der Waals surface area contributed by atoms with E-state index in [1.165, 1.54) is 6.92 Å². The highest BCUT2D eigenvalue weighted by molar-refractivity contribution is 5.94. The van der Waals surface area contributed by atoms with Crippen molar-refractivity contribution in [2.75, 3.05) is 6.54 Å². The number of nitrogens with one attached hydrogen (secondary N) is 4. The Labute approximate surface area is 210 Å². The summed E-state index contributed by atoms with van der Waals surface area (Å²) < 4.78 is 0. The Morgan fingerprint density at radius 1 is 0.972 bits per heavy atom. The molecule has 4 atom stereocenters. The van der Waals surface area contributed by atoms with Gasteiger partial charge in [0.05, 0.1) is 6.04 Å². The minimum atomic E-state index is -1.20. The zero-order chi connectivity index (χ0) is 26.8. The van der Waals surface area contributed by atoms with E-state index >= 15 is 0 Å². The lowest BCUT2D eigenvalue weighted by atomic mass is 10.0. The highest BCUT2D eigenvalue weighted by Crippen LogP contribution is 2.19. The largest absolute Gasteiger partial charge is 0.480 e. The van der Waals surface area contributed by atoms with E-state index in [9.17, 15) is 24.3 Å². The highest BCUT2D eigenvalue weighted by atomic mass is 16.4. The van der Waals surface area contributed by atoms with Crippen LogP contribution in [0.25, 0.3) is 10.9 Å². The zero-order valence-corrected chi connectivity index (χ0v) is 21.0. The summed E-state index contributed by atoms with van der Waals surface area (Å²) in [6.45, 7) is 5.47. The molecule has 3 amide bonds. The Morgan fingerprint density at radius 2 is 1.67 bits per heavy atom. The van der Waals surface area contributed by atoms with Gasteiger partial charge in [-0.3, -0.25) is 14.4 Å². The van der Waals surface area contributed by atoms with Gasteiger partial charge in [-0.2, -0.15) is 0 Å². The molecule has 0 saturated heterocycles. The molecule has 1 heterocycles. The van der Waals surface area contributed by atoms with Crippen molar-refractivity contribution in [2.45, 2.75) is 70.6 Å². The first-order valence-corrected chi connectivity index (χ1v) is 12.2. The van der Waals surface area contributed by atoms with Crippen LogP contribution in [0.5, 0.6) is 0 Å². The fraction of sp³-hybridized carbons (Fsp3) is 0.520. The number of aromatic amines is 1. The second-order valence-electron chi connectivity index (χ2n) is 9.31. The van der Waals surface area contributed by atoms with Gasteiger partial charge in [0.1, 0.15) is 18.1 Å². The average Bonchev–Trinajstić information content (AvgIpc) is 3.24. The molecule has 0 aliphatic rings. The molecule has 2 rings (SSSR count). The summed E-state index contributed by atoms with van der Waals surface area (Å²) in [5.41, 5.74) is 12.9. The number of hydrogen-bond acceptors (Lipinski definition) is 6. The first-order chi connectivity index (χ1) is 17.0. The molecule has 0 bridgehead atoms. The van der Waals surface area contributed by atoms with Crippen molar-refractivity contribution in [2.24, 2.45) is 17.4 Å². The second-order valence-corrected chi connectivity index (χ2v) is 9.31. The number of benzene rings is 1. The smallest absolute Gasteiger partial charge is 0.326 e. The van der Waals surface area contributed by atoms with Gasteiger partial charge in [0.15, 0.2) is 0 Å². The van der Waals surface area contributed by atoms with Crippen LogP contribution in [0, 0.1) is 5.92 Å². The number of aromatic nitrogens is 1. The molecular weight excluding hydrogens is 464 g/mol. The molecule has 0 radical (unpaired) electrons. The van der Waals surface area contributed by atoms with Crippen LogP contribution in [0.2, 0.25) is 0 Å². The minimum Gasteiger partial charge on any atom is -0.480 e. The molecule has 36 heavy (non-hydrogen) atoms. The number of para-hydroxylation sites is 1. The summed E-state index contributed by atoms with van der Waals surface area (Å²) in [6, 6.07) is 3.58. The van der Waals surface area contributed by atoms with Crippen molar-refractivity contribution in [3.63, 3.8) is 0 Å². The number of amides is 3. The number of carboxylic acid groups (broad SMARTS) is 1. The van der Waals surface area contributed by atoms with Gasteiger partial charge in [0.2, 0.25) is 17.7 Å². The van der Waals surface area contributed by atoms with Gasteiger partial charge in [-0.25, -0.2) is 4.79 Å². The van der Waals surface area contributed by atoms with E-state index in [4.69, 9.17) is 11.5 Å². The zero-order valence-electron chi connectivity index (χ0n) is 21.0. The molecule has 198 valence electrons. The Hall–Kier alpha value is -3.44. The van der Waals surface area contributed by atoms with Gasteiger partial charge < -0.3 is 37.5 Å². The van der Waals surface area contributed by atoms with Gasteiger partial charge in [-0.15, -0.1) is 0 Å². The van der Waals surface area contributed by atoms with Crippen LogP contribution in [-0.4, -0.2) is 64.5 Å². The van der Waals surface area contributed by atoms with E-state index in [1.54, 1.807) is 20.0 Å².